The highest BCUT2D eigenvalue weighted by molar-refractivity contribution is 7.80. The summed E-state index contributed by atoms with van der Waals surface area (Å²) in [5.74, 6) is -0.777. The summed E-state index contributed by atoms with van der Waals surface area (Å²) in [7, 11) is 0. The molecule has 1 aromatic rings. The summed E-state index contributed by atoms with van der Waals surface area (Å²) in [6.45, 7) is 1.69. The molecule has 0 aliphatic rings. The molecule has 0 N–H and O–H groups in total. The number of carbonyl (C=O) groups is 1. The van der Waals surface area contributed by atoms with Crippen LogP contribution in [0.5, 0.6) is 0 Å². The van der Waals surface area contributed by atoms with Gasteiger partial charge in [-0.2, -0.15) is 13.2 Å². The van der Waals surface area contributed by atoms with Crippen LogP contribution in [0.3, 0.4) is 0 Å². The highest BCUT2D eigenvalue weighted by Gasteiger charge is 2.33. The fourth-order valence-electron chi connectivity index (χ4n) is 1.10. The Morgan fingerprint density at radius 3 is 2.56 bits per heavy atom. The van der Waals surface area contributed by atoms with Crippen LogP contribution in [-0.2, 0) is 10.9 Å². The predicted molar refractivity (Wildman–Crippen MR) is 54.7 cm³/mol. The predicted octanol–water partition coefficient (Wildman–Crippen LogP) is 3.17. The molecule has 2 nitrogen and oxygen atoms in total. The molecule has 0 amide bonds. The zero-order valence-electron chi connectivity index (χ0n) is 8.34. The summed E-state index contributed by atoms with van der Waals surface area (Å²) in [4.78, 5) is 11.0. The van der Waals surface area contributed by atoms with Gasteiger partial charge in [0, 0.05) is 4.90 Å². The van der Waals surface area contributed by atoms with Gasteiger partial charge in [0.05, 0.1) is 17.7 Å². The molecule has 0 radical (unpaired) electrons. The number of alkyl halides is 3. The maximum absolute atomic E-state index is 12.5. The molecule has 0 unspecified atom stereocenters. The smallest absolute Gasteiger partial charge is 0.417 e. The number of halogens is 3. The van der Waals surface area contributed by atoms with Crippen molar-refractivity contribution in [2.75, 3.05) is 6.61 Å². The first kappa shape index (κ1) is 12.9. The van der Waals surface area contributed by atoms with Crippen LogP contribution in [0, 0.1) is 0 Å². The number of carbonyl (C=O) groups excluding carboxylic acids is 1. The monoisotopic (exact) mass is 250 g/mol. The molecule has 16 heavy (non-hydrogen) atoms. The number of rotatable bonds is 2. The van der Waals surface area contributed by atoms with Crippen LogP contribution in [0.1, 0.15) is 22.8 Å². The van der Waals surface area contributed by atoms with Gasteiger partial charge in [-0.25, -0.2) is 4.79 Å². The Hall–Kier alpha value is -1.17. The van der Waals surface area contributed by atoms with E-state index in [0.717, 1.165) is 12.1 Å². The first-order chi connectivity index (χ1) is 7.36. The largest absolute Gasteiger partial charge is 0.462 e. The molecular formula is C10H9F3O2S. The Bertz CT molecular complexity index is 402. The normalized spacial score (nSPS) is 11.3. The number of ether oxygens (including phenoxy) is 1. The SMILES string of the molecule is CCOC(=O)c1ccc(S)c(C(F)(F)F)c1. The maximum Gasteiger partial charge on any atom is 0.417 e. The van der Waals surface area contributed by atoms with Crippen molar-refractivity contribution in [2.24, 2.45) is 0 Å². The first-order valence-electron chi connectivity index (χ1n) is 4.43. The van der Waals surface area contributed by atoms with E-state index in [9.17, 15) is 18.0 Å². The lowest BCUT2D eigenvalue weighted by Crippen LogP contribution is -2.10. The fraction of sp³-hybridized carbons (Fsp3) is 0.300. The van der Waals surface area contributed by atoms with E-state index < -0.39 is 17.7 Å². The molecule has 88 valence electrons. The molecule has 0 atom stereocenters. The van der Waals surface area contributed by atoms with Crippen molar-refractivity contribution in [2.45, 2.75) is 18.0 Å². The first-order valence-corrected chi connectivity index (χ1v) is 4.88. The summed E-state index contributed by atoms with van der Waals surface area (Å²) in [5.41, 5.74) is -1.08. The summed E-state index contributed by atoms with van der Waals surface area (Å²) < 4.78 is 42.0. The number of hydrogen-bond acceptors (Lipinski definition) is 3. The zero-order chi connectivity index (χ0) is 12.3. The molecule has 0 saturated heterocycles. The number of hydrogen-bond donors (Lipinski definition) is 1. The summed E-state index contributed by atoms with van der Waals surface area (Å²) in [6, 6.07) is 3.11. The van der Waals surface area contributed by atoms with Crippen molar-refractivity contribution in [3.63, 3.8) is 0 Å². The minimum absolute atomic E-state index is 0.114. The molecule has 6 heteroatoms. The van der Waals surface area contributed by atoms with E-state index in [2.05, 4.69) is 17.4 Å². The van der Waals surface area contributed by atoms with Crippen LogP contribution in [0.15, 0.2) is 23.1 Å². The highest BCUT2D eigenvalue weighted by Crippen LogP contribution is 2.34. The van der Waals surface area contributed by atoms with Gasteiger partial charge in [-0.05, 0) is 25.1 Å². The van der Waals surface area contributed by atoms with E-state index in [1.165, 1.54) is 6.07 Å². The van der Waals surface area contributed by atoms with E-state index in [0.29, 0.717) is 0 Å². The van der Waals surface area contributed by atoms with Crippen LogP contribution in [0.25, 0.3) is 0 Å². The Morgan fingerprint density at radius 1 is 1.44 bits per heavy atom. The van der Waals surface area contributed by atoms with Crippen molar-refractivity contribution in [1.29, 1.82) is 0 Å². The van der Waals surface area contributed by atoms with Gasteiger partial charge in [0.15, 0.2) is 0 Å². The third kappa shape index (κ3) is 2.91. The van der Waals surface area contributed by atoms with E-state index in [4.69, 9.17) is 0 Å². The minimum Gasteiger partial charge on any atom is -0.462 e. The Labute approximate surface area is 95.8 Å². The van der Waals surface area contributed by atoms with Gasteiger partial charge in [0.1, 0.15) is 0 Å². The van der Waals surface area contributed by atoms with Gasteiger partial charge >= 0.3 is 12.1 Å². The lowest BCUT2D eigenvalue weighted by atomic mass is 10.1. The Kier molecular flexibility index (Phi) is 3.85. The van der Waals surface area contributed by atoms with Crippen LogP contribution in [0.4, 0.5) is 13.2 Å². The van der Waals surface area contributed by atoms with Gasteiger partial charge in [0.25, 0.3) is 0 Å². The van der Waals surface area contributed by atoms with Crippen molar-refractivity contribution in [3.8, 4) is 0 Å². The second-order valence-corrected chi connectivity index (χ2v) is 3.43. The average molecular weight is 250 g/mol. The van der Waals surface area contributed by atoms with Crippen molar-refractivity contribution >= 4 is 18.6 Å². The summed E-state index contributed by atoms with van der Waals surface area (Å²) in [5, 5.41) is 0. The van der Waals surface area contributed by atoms with E-state index >= 15 is 0 Å². The average Bonchev–Trinajstić information content (AvgIpc) is 2.16. The molecule has 1 rings (SSSR count). The quantitative estimate of drug-likeness (QED) is 0.644. The molecule has 1 aromatic carbocycles. The van der Waals surface area contributed by atoms with Crippen molar-refractivity contribution in [3.05, 3.63) is 29.3 Å². The topological polar surface area (TPSA) is 26.3 Å². The third-order valence-corrected chi connectivity index (χ3v) is 2.20. The number of thiol groups is 1. The molecule has 0 aliphatic carbocycles. The molecule has 0 saturated carbocycles. The molecule has 0 aromatic heterocycles. The highest BCUT2D eigenvalue weighted by atomic mass is 32.1. The fourth-order valence-corrected chi connectivity index (χ4v) is 1.37. The lowest BCUT2D eigenvalue weighted by Gasteiger charge is -2.10. The lowest BCUT2D eigenvalue weighted by molar-refractivity contribution is -0.139. The molecule has 0 bridgehead atoms. The van der Waals surface area contributed by atoms with Crippen LogP contribution < -0.4 is 0 Å². The molecular weight excluding hydrogens is 241 g/mol. The van der Waals surface area contributed by atoms with E-state index in [1.54, 1.807) is 6.92 Å². The maximum atomic E-state index is 12.5. The number of esters is 1. The van der Waals surface area contributed by atoms with E-state index in [-0.39, 0.29) is 17.1 Å². The second kappa shape index (κ2) is 4.78. The number of benzene rings is 1. The van der Waals surface area contributed by atoms with Gasteiger partial charge < -0.3 is 4.74 Å². The molecule has 0 aliphatic heterocycles. The second-order valence-electron chi connectivity index (χ2n) is 2.95. The van der Waals surface area contributed by atoms with E-state index in [1.807, 2.05) is 0 Å². The van der Waals surface area contributed by atoms with Crippen LogP contribution in [0.2, 0.25) is 0 Å². The van der Waals surface area contributed by atoms with Crippen molar-refractivity contribution < 1.29 is 22.7 Å². The van der Waals surface area contributed by atoms with Crippen LogP contribution >= 0.6 is 12.6 Å². The zero-order valence-corrected chi connectivity index (χ0v) is 9.23. The third-order valence-electron chi connectivity index (χ3n) is 1.81. The molecule has 0 fully saturated rings. The van der Waals surface area contributed by atoms with Gasteiger partial charge in [-0.1, -0.05) is 0 Å². The standard InChI is InChI=1S/C10H9F3O2S/c1-2-15-9(14)6-3-4-8(16)7(5-6)10(11,12)13/h3-5,16H,2H2,1H3. The van der Waals surface area contributed by atoms with Gasteiger partial charge in [-0.3, -0.25) is 0 Å². The molecule has 0 heterocycles. The van der Waals surface area contributed by atoms with Gasteiger partial charge in [0.2, 0.25) is 0 Å². The Balaban J connectivity index is 3.13. The van der Waals surface area contributed by atoms with Crippen molar-refractivity contribution in [1.82, 2.24) is 0 Å². The Morgan fingerprint density at radius 2 is 2.06 bits per heavy atom. The molecule has 0 spiro atoms. The van der Waals surface area contributed by atoms with Crippen LogP contribution in [-0.4, -0.2) is 12.6 Å². The van der Waals surface area contributed by atoms with Gasteiger partial charge in [-0.15, -0.1) is 12.6 Å². The minimum atomic E-state index is -4.53. The summed E-state index contributed by atoms with van der Waals surface area (Å²) >= 11 is 3.69. The summed E-state index contributed by atoms with van der Waals surface area (Å²) in [6.07, 6.45) is -4.53.